The molecule has 27 heavy (non-hydrogen) atoms. The molecule has 0 unspecified atom stereocenters. The van der Waals surface area contributed by atoms with Crippen molar-refractivity contribution < 1.29 is 14.1 Å². The average Bonchev–Trinajstić information content (AvgIpc) is 3.37. The molecule has 0 spiro atoms. The molecule has 0 radical (unpaired) electrons. The Morgan fingerprint density at radius 3 is 2.63 bits per heavy atom. The van der Waals surface area contributed by atoms with Gasteiger partial charge in [0.15, 0.2) is 0 Å². The van der Waals surface area contributed by atoms with E-state index in [1.165, 1.54) is 0 Å². The zero-order valence-electron chi connectivity index (χ0n) is 15.4. The predicted octanol–water partition coefficient (Wildman–Crippen LogP) is 2.17. The van der Waals surface area contributed by atoms with Crippen LogP contribution in [0.5, 0.6) is 5.75 Å². The highest BCUT2D eigenvalue weighted by Crippen LogP contribution is 2.27. The first-order valence-electron chi connectivity index (χ1n) is 9.18. The first kappa shape index (κ1) is 19.6. The summed E-state index contributed by atoms with van der Waals surface area (Å²) in [6.07, 6.45) is 1.89. The van der Waals surface area contributed by atoms with Crippen LogP contribution in [0.15, 0.2) is 28.8 Å². The van der Waals surface area contributed by atoms with E-state index in [1.54, 1.807) is 7.11 Å². The second kappa shape index (κ2) is 8.71. The van der Waals surface area contributed by atoms with Crippen LogP contribution in [-0.2, 0) is 11.2 Å². The second-order valence-electron chi connectivity index (χ2n) is 7.07. The number of ether oxygens (including phenoxy) is 1. The zero-order chi connectivity index (χ0) is 17.9. The number of rotatable bonds is 6. The lowest BCUT2D eigenvalue weighted by atomic mass is 10.0. The standard InChI is InChI=1S/C19H24N4O3.ClH/c1-25-16-7-5-13(6-8-16)19-21-17(26-22-19)3-2-4-18(24)23-11-14-9-20-10-15(14)12-23;/h5-8,14-15,20H,2-4,9-12H2,1H3;1H/t14-,15+;. The number of methoxy groups -OCH3 is 1. The molecule has 2 aromatic rings. The molecule has 1 aromatic heterocycles. The lowest BCUT2D eigenvalue weighted by molar-refractivity contribution is -0.130. The van der Waals surface area contributed by atoms with Crippen LogP contribution in [-0.4, -0.2) is 54.2 Å². The Balaban J connectivity index is 0.00000210. The fourth-order valence-corrected chi connectivity index (χ4v) is 3.82. The molecular formula is C19H25ClN4O3. The van der Waals surface area contributed by atoms with Crippen molar-refractivity contribution in [3.63, 3.8) is 0 Å². The fraction of sp³-hybridized carbons (Fsp3) is 0.526. The molecule has 7 nitrogen and oxygen atoms in total. The van der Waals surface area contributed by atoms with Gasteiger partial charge in [-0.2, -0.15) is 4.98 Å². The number of nitrogens with zero attached hydrogens (tertiary/aromatic N) is 3. The lowest BCUT2D eigenvalue weighted by Crippen LogP contribution is -2.31. The summed E-state index contributed by atoms with van der Waals surface area (Å²) >= 11 is 0. The van der Waals surface area contributed by atoms with E-state index in [9.17, 15) is 4.79 Å². The Labute approximate surface area is 164 Å². The maximum absolute atomic E-state index is 12.4. The highest BCUT2D eigenvalue weighted by Gasteiger charge is 2.37. The van der Waals surface area contributed by atoms with Gasteiger partial charge in [0.25, 0.3) is 0 Å². The normalized spacial score (nSPS) is 21.0. The number of hydrogen-bond acceptors (Lipinski definition) is 6. The third-order valence-corrected chi connectivity index (χ3v) is 5.34. The van der Waals surface area contributed by atoms with Crippen LogP contribution in [0.1, 0.15) is 18.7 Å². The topological polar surface area (TPSA) is 80.5 Å². The summed E-state index contributed by atoms with van der Waals surface area (Å²) in [4.78, 5) is 18.8. The number of hydrogen-bond donors (Lipinski definition) is 1. The monoisotopic (exact) mass is 392 g/mol. The molecule has 1 N–H and O–H groups in total. The van der Waals surface area contributed by atoms with Crippen LogP contribution in [0.4, 0.5) is 0 Å². The van der Waals surface area contributed by atoms with Crippen molar-refractivity contribution in [3.05, 3.63) is 30.2 Å². The number of carbonyl (C=O) groups is 1. The largest absolute Gasteiger partial charge is 0.497 e. The zero-order valence-corrected chi connectivity index (χ0v) is 16.2. The van der Waals surface area contributed by atoms with Crippen LogP contribution in [0, 0.1) is 11.8 Å². The first-order valence-corrected chi connectivity index (χ1v) is 9.18. The molecule has 146 valence electrons. The van der Waals surface area contributed by atoms with E-state index in [1.807, 2.05) is 29.2 Å². The average molecular weight is 393 g/mol. The molecular weight excluding hydrogens is 368 g/mol. The molecule has 4 rings (SSSR count). The number of likely N-dealkylation sites (tertiary alicyclic amines) is 1. The SMILES string of the molecule is COc1ccc(-c2noc(CCCC(=O)N3C[C@H]4CNC[C@H]4C3)n2)cc1.Cl. The van der Waals surface area contributed by atoms with E-state index in [2.05, 4.69) is 15.5 Å². The van der Waals surface area contributed by atoms with Crippen LogP contribution < -0.4 is 10.1 Å². The number of halogens is 1. The molecule has 2 atom stereocenters. The van der Waals surface area contributed by atoms with Gasteiger partial charge in [-0.3, -0.25) is 4.79 Å². The van der Waals surface area contributed by atoms with Gasteiger partial charge in [0.2, 0.25) is 17.6 Å². The van der Waals surface area contributed by atoms with Gasteiger partial charge in [0, 0.05) is 44.6 Å². The van der Waals surface area contributed by atoms with E-state index in [0.717, 1.165) is 43.9 Å². The molecule has 8 heteroatoms. The number of amides is 1. The smallest absolute Gasteiger partial charge is 0.226 e. The van der Waals surface area contributed by atoms with Crippen molar-refractivity contribution in [2.45, 2.75) is 19.3 Å². The van der Waals surface area contributed by atoms with Crippen molar-refractivity contribution in [2.75, 3.05) is 33.3 Å². The Hall–Kier alpha value is -2.12. The fourth-order valence-electron chi connectivity index (χ4n) is 3.82. The third kappa shape index (κ3) is 4.42. The van der Waals surface area contributed by atoms with Gasteiger partial charge in [0.1, 0.15) is 5.75 Å². The lowest BCUT2D eigenvalue weighted by Gasteiger charge is -2.17. The van der Waals surface area contributed by atoms with Crippen LogP contribution in [0.3, 0.4) is 0 Å². The molecule has 2 aliphatic rings. The predicted molar refractivity (Wildman–Crippen MR) is 103 cm³/mol. The number of fused-ring (bicyclic) bond motifs is 1. The molecule has 0 bridgehead atoms. The Bertz CT molecular complexity index is 753. The molecule has 0 saturated carbocycles. The molecule has 1 amide bonds. The van der Waals surface area contributed by atoms with Crippen LogP contribution in [0.2, 0.25) is 0 Å². The first-order chi connectivity index (χ1) is 12.7. The van der Waals surface area contributed by atoms with Crippen molar-refractivity contribution >= 4 is 18.3 Å². The van der Waals surface area contributed by atoms with Crippen molar-refractivity contribution in [2.24, 2.45) is 11.8 Å². The maximum Gasteiger partial charge on any atom is 0.226 e. The van der Waals surface area contributed by atoms with Gasteiger partial charge in [-0.15, -0.1) is 12.4 Å². The molecule has 1 aromatic carbocycles. The van der Waals surface area contributed by atoms with E-state index in [-0.39, 0.29) is 18.3 Å². The van der Waals surface area contributed by atoms with Gasteiger partial charge < -0.3 is 19.5 Å². The minimum Gasteiger partial charge on any atom is -0.497 e. The molecule has 2 aliphatic heterocycles. The van der Waals surface area contributed by atoms with E-state index in [4.69, 9.17) is 9.26 Å². The van der Waals surface area contributed by atoms with Gasteiger partial charge >= 0.3 is 0 Å². The Kier molecular flexibility index (Phi) is 6.34. The quantitative estimate of drug-likeness (QED) is 0.811. The summed E-state index contributed by atoms with van der Waals surface area (Å²) in [5, 5.41) is 7.42. The summed E-state index contributed by atoms with van der Waals surface area (Å²) in [5.74, 6) is 3.45. The second-order valence-corrected chi connectivity index (χ2v) is 7.07. The minimum atomic E-state index is 0. The summed E-state index contributed by atoms with van der Waals surface area (Å²) in [6, 6.07) is 7.53. The summed E-state index contributed by atoms with van der Waals surface area (Å²) in [6.45, 7) is 3.90. The summed E-state index contributed by atoms with van der Waals surface area (Å²) in [7, 11) is 1.63. The van der Waals surface area contributed by atoms with Gasteiger partial charge in [-0.25, -0.2) is 0 Å². The summed E-state index contributed by atoms with van der Waals surface area (Å²) in [5.41, 5.74) is 0.883. The van der Waals surface area contributed by atoms with Crippen molar-refractivity contribution in [1.29, 1.82) is 0 Å². The van der Waals surface area contributed by atoms with Crippen LogP contribution in [0.25, 0.3) is 11.4 Å². The number of nitrogens with one attached hydrogen (secondary N) is 1. The number of aromatic nitrogens is 2. The Morgan fingerprint density at radius 1 is 1.26 bits per heavy atom. The number of benzene rings is 1. The van der Waals surface area contributed by atoms with Gasteiger partial charge in [-0.05, 0) is 42.5 Å². The molecule has 3 heterocycles. The number of aryl methyl sites for hydroxylation is 1. The van der Waals surface area contributed by atoms with Crippen molar-refractivity contribution in [1.82, 2.24) is 20.4 Å². The molecule has 2 fully saturated rings. The van der Waals surface area contributed by atoms with E-state index < -0.39 is 0 Å². The van der Waals surface area contributed by atoms with E-state index >= 15 is 0 Å². The molecule has 2 saturated heterocycles. The highest BCUT2D eigenvalue weighted by molar-refractivity contribution is 5.85. The van der Waals surface area contributed by atoms with Gasteiger partial charge in [0.05, 0.1) is 7.11 Å². The Morgan fingerprint density at radius 2 is 1.96 bits per heavy atom. The number of carbonyl (C=O) groups excluding carboxylic acids is 1. The minimum absolute atomic E-state index is 0. The van der Waals surface area contributed by atoms with E-state index in [0.29, 0.717) is 36.4 Å². The van der Waals surface area contributed by atoms with Gasteiger partial charge in [-0.1, -0.05) is 5.16 Å². The maximum atomic E-state index is 12.4. The third-order valence-electron chi connectivity index (χ3n) is 5.34. The van der Waals surface area contributed by atoms with Crippen molar-refractivity contribution in [3.8, 4) is 17.1 Å². The highest BCUT2D eigenvalue weighted by atomic mass is 35.5. The van der Waals surface area contributed by atoms with Crippen LogP contribution >= 0.6 is 12.4 Å². The molecule has 0 aliphatic carbocycles. The summed E-state index contributed by atoms with van der Waals surface area (Å²) < 4.78 is 10.5.